The second-order valence-corrected chi connectivity index (χ2v) is 10.0. The molecule has 0 radical (unpaired) electrons. The molecule has 11 heteroatoms. The number of aromatic nitrogens is 4. The van der Waals surface area contributed by atoms with E-state index in [9.17, 15) is 18.0 Å². The Labute approximate surface area is 237 Å². The molecule has 0 aliphatic carbocycles. The van der Waals surface area contributed by atoms with Crippen molar-refractivity contribution in [1.29, 1.82) is 0 Å². The number of hydrogen-bond donors (Lipinski definition) is 1. The van der Waals surface area contributed by atoms with Crippen molar-refractivity contribution >= 4 is 27.8 Å². The fourth-order valence-electron chi connectivity index (χ4n) is 4.98. The number of rotatable bonds is 6. The molecule has 0 spiro atoms. The Hall–Kier alpha value is -5.19. The van der Waals surface area contributed by atoms with Gasteiger partial charge < -0.3 is 14.9 Å². The first-order valence-electron chi connectivity index (χ1n) is 13.1. The van der Waals surface area contributed by atoms with E-state index in [0.717, 1.165) is 0 Å². The van der Waals surface area contributed by atoms with Gasteiger partial charge in [0.05, 0.1) is 17.1 Å². The maximum atomic E-state index is 15.0. The predicted octanol–water partition coefficient (Wildman–Crippen LogP) is 6.66. The van der Waals surface area contributed by atoms with Gasteiger partial charge in [-0.2, -0.15) is 5.10 Å². The maximum Gasteiger partial charge on any atom is 0.203 e. The van der Waals surface area contributed by atoms with Crippen molar-refractivity contribution in [3.05, 3.63) is 100 Å². The Bertz CT molecular complexity index is 2040. The van der Waals surface area contributed by atoms with E-state index >= 15 is 0 Å². The van der Waals surface area contributed by atoms with Crippen LogP contribution in [0.25, 0.3) is 44.4 Å². The van der Waals surface area contributed by atoms with Gasteiger partial charge in [0, 0.05) is 5.56 Å². The lowest BCUT2D eigenvalue weighted by molar-refractivity contribution is 0.231. The van der Waals surface area contributed by atoms with Crippen LogP contribution in [-0.2, 0) is 0 Å². The number of benzene rings is 3. The highest BCUT2D eigenvalue weighted by Crippen LogP contribution is 2.37. The van der Waals surface area contributed by atoms with Crippen LogP contribution in [0.2, 0.25) is 0 Å². The molecule has 3 aromatic heterocycles. The molecule has 42 heavy (non-hydrogen) atoms. The van der Waals surface area contributed by atoms with Crippen LogP contribution in [0, 0.1) is 17.5 Å². The summed E-state index contributed by atoms with van der Waals surface area (Å²) in [5.41, 5.74) is 6.99. The molecule has 0 saturated carbocycles. The van der Waals surface area contributed by atoms with Gasteiger partial charge in [0.15, 0.2) is 17.2 Å². The molecule has 3 heterocycles. The van der Waals surface area contributed by atoms with Gasteiger partial charge in [-0.1, -0.05) is 18.2 Å². The first-order chi connectivity index (χ1) is 20.1. The number of nitrogens with two attached hydrogens (primary N) is 1. The Morgan fingerprint density at radius 2 is 1.64 bits per heavy atom. The second kappa shape index (κ2) is 10.3. The van der Waals surface area contributed by atoms with Crippen LogP contribution in [0.4, 0.5) is 19.0 Å². The standard InChI is InChI=1S/C31H24F3N5O3/c1-15(2)41-22-12-9-18(13-21(22)34)27-26-30(35)36-14-37-31(26)39(38-27)16(3)29-24(17-7-10-19(32)11-8-17)28(40)25-20(33)5-4-6-23(25)42-29/h4-16H,1-3H3,(H2,35,36,37). The lowest BCUT2D eigenvalue weighted by Crippen LogP contribution is -2.17. The van der Waals surface area contributed by atoms with Crippen molar-refractivity contribution in [2.45, 2.75) is 32.9 Å². The van der Waals surface area contributed by atoms with Crippen LogP contribution in [0.3, 0.4) is 0 Å². The number of fused-ring (bicyclic) bond motifs is 2. The molecule has 0 amide bonds. The van der Waals surface area contributed by atoms with Crippen molar-refractivity contribution in [2.75, 3.05) is 5.73 Å². The van der Waals surface area contributed by atoms with Gasteiger partial charge in [-0.25, -0.2) is 27.8 Å². The summed E-state index contributed by atoms with van der Waals surface area (Å²) < 4.78 is 56.8. The molecule has 0 saturated heterocycles. The van der Waals surface area contributed by atoms with E-state index in [1.54, 1.807) is 26.8 Å². The fraction of sp³-hybridized carbons (Fsp3) is 0.161. The number of hydrogen-bond acceptors (Lipinski definition) is 7. The van der Waals surface area contributed by atoms with Gasteiger partial charge in [-0.3, -0.25) is 4.79 Å². The molecule has 1 unspecified atom stereocenters. The molecule has 212 valence electrons. The molecule has 3 aromatic carbocycles. The minimum atomic E-state index is -0.815. The normalized spacial score (nSPS) is 12.4. The summed E-state index contributed by atoms with van der Waals surface area (Å²) in [6.45, 7) is 5.30. The Morgan fingerprint density at radius 1 is 0.905 bits per heavy atom. The quantitative estimate of drug-likeness (QED) is 0.238. The first kappa shape index (κ1) is 27.0. The second-order valence-electron chi connectivity index (χ2n) is 10.0. The lowest BCUT2D eigenvalue weighted by Gasteiger charge is -2.17. The minimum absolute atomic E-state index is 0.0290. The molecule has 6 aromatic rings. The Kier molecular flexibility index (Phi) is 6.64. The molecule has 1 atom stereocenters. The average Bonchev–Trinajstić information content (AvgIpc) is 3.35. The van der Waals surface area contributed by atoms with E-state index < -0.39 is 28.9 Å². The third kappa shape index (κ3) is 4.52. The van der Waals surface area contributed by atoms with Gasteiger partial charge in [-0.15, -0.1) is 0 Å². The molecule has 8 nitrogen and oxygen atoms in total. The topological polar surface area (TPSA) is 109 Å². The monoisotopic (exact) mass is 571 g/mol. The van der Waals surface area contributed by atoms with Crippen LogP contribution in [0.5, 0.6) is 5.75 Å². The van der Waals surface area contributed by atoms with E-state index in [0.29, 0.717) is 27.9 Å². The third-order valence-electron chi connectivity index (χ3n) is 6.86. The summed E-state index contributed by atoms with van der Waals surface area (Å²) in [5.74, 6) is -1.51. The zero-order valence-corrected chi connectivity index (χ0v) is 22.7. The Morgan fingerprint density at radius 3 is 2.36 bits per heavy atom. The molecule has 0 fully saturated rings. The van der Waals surface area contributed by atoms with Gasteiger partial charge >= 0.3 is 0 Å². The zero-order chi connectivity index (χ0) is 29.7. The zero-order valence-electron chi connectivity index (χ0n) is 22.7. The van der Waals surface area contributed by atoms with Crippen LogP contribution in [0.15, 0.2) is 76.2 Å². The molecular formula is C31H24F3N5O3. The van der Waals surface area contributed by atoms with Crippen LogP contribution in [0.1, 0.15) is 32.6 Å². The molecule has 0 aliphatic rings. The number of ether oxygens (including phenoxy) is 1. The highest BCUT2D eigenvalue weighted by atomic mass is 19.1. The van der Waals surface area contributed by atoms with Crippen molar-refractivity contribution in [2.24, 2.45) is 0 Å². The van der Waals surface area contributed by atoms with Crippen molar-refractivity contribution < 1.29 is 22.3 Å². The summed E-state index contributed by atoms with van der Waals surface area (Å²) in [6, 6.07) is 12.9. The summed E-state index contributed by atoms with van der Waals surface area (Å²) in [4.78, 5) is 22.2. The summed E-state index contributed by atoms with van der Waals surface area (Å²) in [6.07, 6.45) is 1.04. The molecule has 0 bridgehead atoms. The van der Waals surface area contributed by atoms with Gasteiger partial charge in [0.2, 0.25) is 5.43 Å². The smallest absolute Gasteiger partial charge is 0.203 e. The minimum Gasteiger partial charge on any atom is -0.488 e. The maximum absolute atomic E-state index is 15.0. The van der Waals surface area contributed by atoms with E-state index in [-0.39, 0.29) is 40.0 Å². The number of nitrogens with zero attached hydrogens (tertiary/aromatic N) is 4. The lowest BCUT2D eigenvalue weighted by atomic mass is 9.99. The van der Waals surface area contributed by atoms with E-state index in [4.69, 9.17) is 20.0 Å². The van der Waals surface area contributed by atoms with Crippen molar-refractivity contribution in [3.63, 3.8) is 0 Å². The van der Waals surface area contributed by atoms with Gasteiger partial charge in [0.1, 0.15) is 52.2 Å². The number of anilines is 1. The highest BCUT2D eigenvalue weighted by Gasteiger charge is 2.28. The SMILES string of the molecule is CC(C)Oc1ccc(-c2nn(C(C)c3oc4cccc(F)c4c(=O)c3-c3ccc(F)cc3)c3ncnc(N)c23)cc1F. The summed E-state index contributed by atoms with van der Waals surface area (Å²) in [5, 5.41) is 4.86. The third-order valence-corrected chi connectivity index (χ3v) is 6.86. The summed E-state index contributed by atoms with van der Waals surface area (Å²) in [7, 11) is 0. The van der Waals surface area contributed by atoms with Crippen molar-refractivity contribution in [1.82, 2.24) is 19.7 Å². The molecule has 2 N–H and O–H groups in total. The Balaban J connectivity index is 1.59. The van der Waals surface area contributed by atoms with Gasteiger partial charge in [0.25, 0.3) is 0 Å². The molecule has 0 aliphatic heterocycles. The number of nitrogen functional groups attached to an aromatic ring is 1. The largest absolute Gasteiger partial charge is 0.488 e. The molecule has 6 rings (SSSR count). The molecular weight excluding hydrogens is 547 g/mol. The van der Waals surface area contributed by atoms with Crippen LogP contribution in [-0.4, -0.2) is 25.9 Å². The van der Waals surface area contributed by atoms with Crippen LogP contribution < -0.4 is 15.9 Å². The number of halogens is 3. The predicted molar refractivity (Wildman–Crippen MR) is 153 cm³/mol. The van der Waals surface area contributed by atoms with E-state index in [1.165, 1.54) is 65.6 Å². The van der Waals surface area contributed by atoms with E-state index in [2.05, 4.69) is 9.97 Å². The first-order valence-corrected chi connectivity index (χ1v) is 13.1. The van der Waals surface area contributed by atoms with E-state index in [1.807, 2.05) is 0 Å². The van der Waals surface area contributed by atoms with Crippen molar-refractivity contribution in [3.8, 4) is 28.1 Å². The fourth-order valence-corrected chi connectivity index (χ4v) is 4.98. The van der Waals surface area contributed by atoms with Gasteiger partial charge in [-0.05, 0) is 68.8 Å². The summed E-state index contributed by atoms with van der Waals surface area (Å²) >= 11 is 0. The van der Waals surface area contributed by atoms with Crippen LogP contribution >= 0.6 is 0 Å². The highest BCUT2D eigenvalue weighted by molar-refractivity contribution is 5.98. The average molecular weight is 572 g/mol.